The van der Waals surface area contributed by atoms with E-state index in [0.717, 1.165) is 85.3 Å². The normalized spacial score (nSPS) is 20.3. The molecule has 2 saturated carbocycles. The fraction of sp³-hybridized carbons (Fsp3) is 0.542. The van der Waals surface area contributed by atoms with Crippen molar-refractivity contribution in [2.75, 3.05) is 19.7 Å². The number of aromatic nitrogens is 4. The van der Waals surface area contributed by atoms with Gasteiger partial charge in [-0.15, -0.1) is 0 Å². The van der Waals surface area contributed by atoms with Crippen LogP contribution in [-0.2, 0) is 62.9 Å². The number of rotatable bonds is 11. The summed E-state index contributed by atoms with van der Waals surface area (Å²) in [6, 6.07) is 13.1. The Morgan fingerprint density at radius 1 is 0.688 bits per heavy atom. The first kappa shape index (κ1) is 50.6. The summed E-state index contributed by atoms with van der Waals surface area (Å²) in [5.41, 5.74) is 8.15. The number of ether oxygens (including phenoxy) is 1. The number of carboxylic acid groups (broad SMARTS) is 1. The molecule has 0 unspecified atom stereocenters. The Morgan fingerprint density at radius 3 is 1.50 bits per heavy atom. The fourth-order valence-corrected chi connectivity index (χ4v) is 9.88. The summed E-state index contributed by atoms with van der Waals surface area (Å²) in [5, 5.41) is 18.5. The van der Waals surface area contributed by atoms with E-state index in [9.17, 15) is 28.0 Å². The number of amides is 2. The van der Waals surface area contributed by atoms with Gasteiger partial charge in [0.2, 0.25) is 11.8 Å². The number of esters is 1. The van der Waals surface area contributed by atoms with Crippen LogP contribution < -0.4 is 29.6 Å². The van der Waals surface area contributed by atoms with E-state index in [1.165, 1.54) is 35.4 Å². The van der Waals surface area contributed by atoms with Crippen molar-refractivity contribution in [3.8, 4) is 0 Å². The first-order chi connectivity index (χ1) is 29.8. The molecule has 64 heavy (non-hydrogen) atoms. The van der Waals surface area contributed by atoms with E-state index in [1.807, 2.05) is 52.1 Å². The minimum Gasteiger partial charge on any atom is -0.870 e. The summed E-state index contributed by atoms with van der Waals surface area (Å²) in [6.45, 7) is 9.67. The molecule has 0 bridgehead atoms. The van der Waals surface area contributed by atoms with E-state index >= 15 is 0 Å². The standard InChI is InChI=1S/C25H32FN3O3.C23H28FN3O3.Na.H2O/c1-3-32-25(31)20-9-7-18(8-10-20)14-24(30)28-12-11-22-17(2)27-29(23(22)16-28)15-19-5-4-6-21(26)13-19;1-15-20-9-10-26(22(28)12-16-5-7-18(8-6-16)23(29)30)14-21(20)27(25-15)13-17-3-2-4-19(24)11-17;;/h4-6,13,18,20H,3,7-12,14-16H2,1-2H3;2-4,11,16,18H,5-10,12-14H2,1H3,(H,29,30);;1H2/q;;+1;/p-1. The Morgan fingerprint density at radius 2 is 1.11 bits per heavy atom. The number of aryl methyl sites for hydroxylation is 2. The van der Waals surface area contributed by atoms with Gasteiger partial charge in [0.05, 0.1) is 67.4 Å². The van der Waals surface area contributed by atoms with Crippen molar-refractivity contribution in [2.24, 2.45) is 23.7 Å². The van der Waals surface area contributed by atoms with Gasteiger partial charge in [0.25, 0.3) is 0 Å². The molecule has 2 aliphatic heterocycles. The number of hydrogen-bond donors (Lipinski definition) is 1. The van der Waals surface area contributed by atoms with Crippen LogP contribution in [0.1, 0.15) is 116 Å². The summed E-state index contributed by atoms with van der Waals surface area (Å²) >= 11 is 0. The van der Waals surface area contributed by atoms with Crippen molar-refractivity contribution in [3.05, 3.63) is 105 Å². The molecule has 0 atom stereocenters. The van der Waals surface area contributed by atoms with Crippen LogP contribution in [0.2, 0.25) is 0 Å². The largest absolute Gasteiger partial charge is 1.00 e. The molecular formula is C48H61F2N6NaO7. The Hall–Kier alpha value is -4.44. The van der Waals surface area contributed by atoms with Crippen LogP contribution in [0, 0.1) is 49.2 Å². The van der Waals surface area contributed by atoms with Crippen molar-refractivity contribution in [1.82, 2.24) is 29.4 Å². The van der Waals surface area contributed by atoms with Crippen LogP contribution in [0.3, 0.4) is 0 Å². The fourth-order valence-electron chi connectivity index (χ4n) is 9.88. The average molecular weight is 895 g/mol. The Kier molecular flexibility index (Phi) is 18.3. The van der Waals surface area contributed by atoms with Gasteiger partial charge in [-0.2, -0.15) is 10.2 Å². The quantitative estimate of drug-likeness (QED) is 0.170. The van der Waals surface area contributed by atoms with Gasteiger partial charge < -0.3 is 25.1 Å². The summed E-state index contributed by atoms with van der Waals surface area (Å²) < 4.78 is 36.1. The SMILES string of the molecule is CCOC(=O)C1CCC(CC(=O)N2CCc3c(C)nn(Cc4cccc(F)c4)c3C2)CC1.Cc1nn(Cc2cccc(F)c2)c2c1CCN(C(=O)CC1CCC(C(=O)O)CC1)C2.[Na+].[OH-]. The summed E-state index contributed by atoms with van der Waals surface area (Å²) in [5.74, 6) is -0.695. The van der Waals surface area contributed by atoms with E-state index in [1.54, 1.807) is 12.1 Å². The van der Waals surface area contributed by atoms with Gasteiger partial charge in [-0.05, 0) is 143 Å². The summed E-state index contributed by atoms with van der Waals surface area (Å²) in [7, 11) is 0. The zero-order valence-electron chi connectivity index (χ0n) is 37.7. The third kappa shape index (κ3) is 12.7. The predicted molar refractivity (Wildman–Crippen MR) is 230 cm³/mol. The third-order valence-corrected chi connectivity index (χ3v) is 13.4. The zero-order chi connectivity index (χ0) is 43.9. The van der Waals surface area contributed by atoms with Gasteiger partial charge in [-0.3, -0.25) is 28.5 Å². The smallest absolute Gasteiger partial charge is 0.870 e. The van der Waals surface area contributed by atoms with Crippen molar-refractivity contribution < 1.29 is 72.8 Å². The molecule has 4 heterocycles. The third-order valence-electron chi connectivity index (χ3n) is 13.4. The summed E-state index contributed by atoms with van der Waals surface area (Å²) in [4.78, 5) is 52.9. The van der Waals surface area contributed by atoms with Crippen molar-refractivity contribution >= 4 is 23.8 Å². The van der Waals surface area contributed by atoms with Crippen LogP contribution in [0.25, 0.3) is 0 Å². The molecule has 0 saturated heterocycles. The van der Waals surface area contributed by atoms with E-state index in [2.05, 4.69) is 10.2 Å². The number of carbonyl (C=O) groups is 4. The number of carboxylic acids is 1. The maximum absolute atomic E-state index is 13.6. The second kappa shape index (κ2) is 23.1. The molecule has 340 valence electrons. The van der Waals surface area contributed by atoms with Gasteiger partial charge in [0, 0.05) is 25.9 Å². The predicted octanol–water partition coefficient (Wildman–Crippen LogP) is 4.40. The molecule has 4 aliphatic rings. The van der Waals surface area contributed by atoms with Crippen LogP contribution in [-0.4, -0.2) is 83.4 Å². The molecule has 8 rings (SSSR count). The number of carbonyl (C=O) groups excluding carboxylic acids is 3. The van der Waals surface area contributed by atoms with Gasteiger partial charge in [-0.25, -0.2) is 8.78 Å². The molecule has 2 amide bonds. The molecule has 2 fully saturated rings. The Bertz CT molecular complexity index is 2250. The van der Waals surface area contributed by atoms with E-state index in [4.69, 9.17) is 9.84 Å². The number of nitrogens with zero attached hydrogens (tertiary/aromatic N) is 6. The topological polar surface area (TPSA) is 170 Å². The maximum Gasteiger partial charge on any atom is 1.00 e. The Labute approximate surface area is 396 Å². The second-order valence-corrected chi connectivity index (χ2v) is 17.7. The molecule has 2 aromatic heterocycles. The van der Waals surface area contributed by atoms with Crippen LogP contribution in [0.5, 0.6) is 0 Å². The van der Waals surface area contributed by atoms with E-state index in [0.29, 0.717) is 77.5 Å². The van der Waals surface area contributed by atoms with Crippen molar-refractivity contribution in [3.63, 3.8) is 0 Å². The monoisotopic (exact) mass is 894 g/mol. The molecule has 2 N–H and O–H groups in total. The molecule has 16 heteroatoms. The molecule has 0 radical (unpaired) electrons. The molecule has 4 aromatic rings. The number of benzene rings is 2. The van der Waals surface area contributed by atoms with Crippen LogP contribution in [0.4, 0.5) is 8.78 Å². The van der Waals surface area contributed by atoms with Crippen molar-refractivity contribution in [1.29, 1.82) is 0 Å². The molecule has 0 spiro atoms. The van der Waals surface area contributed by atoms with E-state index < -0.39 is 5.97 Å². The zero-order valence-corrected chi connectivity index (χ0v) is 39.7. The Balaban J connectivity index is 0.000000234. The number of halogens is 2. The van der Waals surface area contributed by atoms with Crippen molar-refractivity contribution in [2.45, 2.75) is 124 Å². The molecule has 2 aliphatic carbocycles. The second-order valence-electron chi connectivity index (χ2n) is 17.7. The number of aliphatic carboxylic acids is 1. The minimum absolute atomic E-state index is 0. The average Bonchev–Trinajstić information content (AvgIpc) is 3.74. The molecule has 2 aromatic carbocycles. The van der Waals surface area contributed by atoms with Crippen LogP contribution in [0.15, 0.2) is 48.5 Å². The summed E-state index contributed by atoms with van der Waals surface area (Å²) in [6.07, 6.45) is 8.93. The number of fused-ring (bicyclic) bond motifs is 2. The van der Waals surface area contributed by atoms with Gasteiger partial charge >= 0.3 is 41.5 Å². The van der Waals surface area contributed by atoms with Gasteiger partial charge in [-0.1, -0.05) is 24.3 Å². The van der Waals surface area contributed by atoms with E-state index in [-0.39, 0.29) is 82.2 Å². The molecular weight excluding hydrogens is 834 g/mol. The maximum atomic E-state index is 13.6. The first-order valence-electron chi connectivity index (χ1n) is 22.4. The minimum atomic E-state index is -0.717. The van der Waals surface area contributed by atoms with Gasteiger partial charge in [0.15, 0.2) is 0 Å². The number of hydrogen-bond acceptors (Lipinski definition) is 8. The van der Waals surface area contributed by atoms with Crippen LogP contribution >= 0.6 is 0 Å². The first-order valence-corrected chi connectivity index (χ1v) is 22.4. The molecule has 13 nitrogen and oxygen atoms in total. The van der Waals surface area contributed by atoms with Gasteiger partial charge in [0.1, 0.15) is 11.6 Å².